The van der Waals surface area contributed by atoms with Gasteiger partial charge in [0.25, 0.3) is 0 Å². The van der Waals surface area contributed by atoms with Gasteiger partial charge in [0, 0.05) is 19.0 Å². The van der Waals surface area contributed by atoms with Crippen LogP contribution in [-0.2, 0) is 9.59 Å². The number of carboxylic acids is 1. The Morgan fingerprint density at radius 2 is 1.76 bits per heavy atom. The van der Waals surface area contributed by atoms with Crippen molar-refractivity contribution in [2.45, 2.75) is 34.1 Å². The van der Waals surface area contributed by atoms with Crippen molar-refractivity contribution in [3.8, 4) is 0 Å². The fourth-order valence-corrected chi connectivity index (χ4v) is 2.25. The van der Waals surface area contributed by atoms with Crippen LogP contribution in [0.4, 0.5) is 0 Å². The number of nitrogens with zero attached hydrogens (tertiary/aromatic N) is 1. The van der Waals surface area contributed by atoms with E-state index in [1.54, 1.807) is 13.8 Å². The van der Waals surface area contributed by atoms with Crippen molar-refractivity contribution in [2.75, 3.05) is 13.1 Å². The van der Waals surface area contributed by atoms with E-state index in [1.807, 2.05) is 4.90 Å². The first-order valence-electron chi connectivity index (χ1n) is 6.36. The number of carbonyl (C=O) groups excluding carboxylic acids is 1. The molecule has 1 amide bonds. The summed E-state index contributed by atoms with van der Waals surface area (Å²) in [4.78, 5) is 24.8. The molecule has 98 valence electrons. The molecule has 1 fully saturated rings. The topological polar surface area (TPSA) is 57.6 Å². The summed E-state index contributed by atoms with van der Waals surface area (Å²) < 4.78 is 0. The van der Waals surface area contributed by atoms with Crippen LogP contribution >= 0.6 is 0 Å². The van der Waals surface area contributed by atoms with E-state index in [1.165, 1.54) is 0 Å². The number of carboxylic acid groups (broad SMARTS) is 1. The quantitative estimate of drug-likeness (QED) is 0.817. The fraction of sp³-hybridized carbons (Fsp3) is 0.846. The maximum absolute atomic E-state index is 12.1. The normalized spacial score (nSPS) is 23.8. The number of rotatable bonds is 4. The molecule has 0 bridgehead atoms. The molecule has 0 spiro atoms. The van der Waals surface area contributed by atoms with Crippen LogP contribution in [0.1, 0.15) is 34.1 Å². The largest absolute Gasteiger partial charge is 0.481 e. The third-order valence-electron chi connectivity index (χ3n) is 4.01. The maximum Gasteiger partial charge on any atom is 0.307 e. The van der Waals surface area contributed by atoms with Crippen molar-refractivity contribution >= 4 is 11.9 Å². The molecular weight excluding hydrogens is 218 g/mol. The Morgan fingerprint density at radius 3 is 2.18 bits per heavy atom. The van der Waals surface area contributed by atoms with Crippen LogP contribution in [0.5, 0.6) is 0 Å². The van der Waals surface area contributed by atoms with E-state index in [4.69, 9.17) is 5.11 Å². The first-order chi connectivity index (χ1) is 7.84. The lowest BCUT2D eigenvalue weighted by Crippen LogP contribution is -2.38. The Kier molecular flexibility index (Phi) is 4.54. The highest BCUT2D eigenvalue weighted by molar-refractivity contribution is 5.84. The monoisotopic (exact) mass is 241 g/mol. The van der Waals surface area contributed by atoms with Crippen molar-refractivity contribution in [3.05, 3.63) is 0 Å². The predicted octanol–water partition coefficient (Wildman–Crippen LogP) is 1.85. The number of aliphatic carboxylic acids is 1. The van der Waals surface area contributed by atoms with Crippen molar-refractivity contribution in [2.24, 2.45) is 23.7 Å². The van der Waals surface area contributed by atoms with Gasteiger partial charge in [0.15, 0.2) is 0 Å². The summed E-state index contributed by atoms with van der Waals surface area (Å²) in [6, 6.07) is 0. The average molecular weight is 241 g/mol. The summed E-state index contributed by atoms with van der Waals surface area (Å²) >= 11 is 0. The zero-order chi connectivity index (χ0) is 13.2. The van der Waals surface area contributed by atoms with Crippen LogP contribution < -0.4 is 0 Å². The van der Waals surface area contributed by atoms with E-state index >= 15 is 0 Å². The van der Waals surface area contributed by atoms with Gasteiger partial charge in [0.2, 0.25) is 5.91 Å². The van der Waals surface area contributed by atoms with Crippen LogP contribution in [0.15, 0.2) is 0 Å². The van der Waals surface area contributed by atoms with Gasteiger partial charge >= 0.3 is 5.97 Å². The molecule has 0 aromatic carbocycles. The van der Waals surface area contributed by atoms with E-state index in [-0.39, 0.29) is 5.91 Å². The third kappa shape index (κ3) is 3.20. The number of amides is 1. The van der Waals surface area contributed by atoms with E-state index in [9.17, 15) is 9.59 Å². The minimum Gasteiger partial charge on any atom is -0.481 e. The SMILES string of the molecule is CC(C)C1CCN(C(=O)C(C)C(C)C(=O)O)C1. The molecule has 3 atom stereocenters. The van der Waals surface area contributed by atoms with Gasteiger partial charge < -0.3 is 10.0 Å². The van der Waals surface area contributed by atoms with Gasteiger partial charge in [0.05, 0.1) is 5.92 Å². The second-order valence-electron chi connectivity index (χ2n) is 5.49. The van der Waals surface area contributed by atoms with Gasteiger partial charge in [-0.25, -0.2) is 0 Å². The molecule has 17 heavy (non-hydrogen) atoms. The highest BCUT2D eigenvalue weighted by Crippen LogP contribution is 2.26. The van der Waals surface area contributed by atoms with E-state index in [0.29, 0.717) is 11.8 Å². The summed E-state index contributed by atoms with van der Waals surface area (Å²) in [5, 5.41) is 8.91. The molecule has 0 saturated carbocycles. The van der Waals surface area contributed by atoms with Crippen LogP contribution in [0, 0.1) is 23.7 Å². The number of likely N-dealkylation sites (tertiary alicyclic amines) is 1. The smallest absolute Gasteiger partial charge is 0.307 e. The Bertz CT molecular complexity index is 301. The van der Waals surface area contributed by atoms with Crippen LogP contribution in [0.25, 0.3) is 0 Å². The molecule has 4 heteroatoms. The minimum absolute atomic E-state index is 0.0111. The second kappa shape index (κ2) is 5.52. The predicted molar refractivity (Wildman–Crippen MR) is 65.5 cm³/mol. The molecule has 1 rings (SSSR count). The Labute approximate surface area is 103 Å². The molecule has 4 nitrogen and oxygen atoms in total. The summed E-state index contributed by atoms with van der Waals surface area (Å²) in [5.41, 5.74) is 0. The highest BCUT2D eigenvalue weighted by Gasteiger charge is 2.34. The minimum atomic E-state index is -0.898. The summed E-state index contributed by atoms with van der Waals surface area (Å²) in [5.74, 6) is -0.807. The van der Waals surface area contributed by atoms with Crippen LogP contribution in [0.2, 0.25) is 0 Å². The molecule has 1 saturated heterocycles. The average Bonchev–Trinajstić information content (AvgIpc) is 2.75. The molecule has 0 aromatic rings. The molecule has 1 N–H and O–H groups in total. The van der Waals surface area contributed by atoms with Gasteiger partial charge in [-0.05, 0) is 18.3 Å². The van der Waals surface area contributed by atoms with Crippen molar-refractivity contribution in [1.29, 1.82) is 0 Å². The van der Waals surface area contributed by atoms with E-state index < -0.39 is 17.8 Å². The van der Waals surface area contributed by atoms with Crippen LogP contribution in [-0.4, -0.2) is 35.0 Å². The number of hydrogen-bond acceptors (Lipinski definition) is 2. The van der Waals surface area contributed by atoms with Crippen LogP contribution in [0.3, 0.4) is 0 Å². The second-order valence-corrected chi connectivity index (χ2v) is 5.49. The number of hydrogen-bond donors (Lipinski definition) is 1. The molecule has 1 aliphatic rings. The van der Waals surface area contributed by atoms with Gasteiger partial charge in [-0.1, -0.05) is 27.7 Å². The summed E-state index contributed by atoms with van der Waals surface area (Å²) in [6.07, 6.45) is 1.04. The molecule has 0 aliphatic carbocycles. The fourth-order valence-electron chi connectivity index (χ4n) is 2.25. The Hall–Kier alpha value is -1.06. The lowest BCUT2D eigenvalue weighted by Gasteiger charge is -2.23. The molecule has 1 heterocycles. The molecule has 0 aromatic heterocycles. The molecule has 0 radical (unpaired) electrons. The van der Waals surface area contributed by atoms with Gasteiger partial charge in [-0.3, -0.25) is 9.59 Å². The van der Waals surface area contributed by atoms with Crippen molar-refractivity contribution in [1.82, 2.24) is 4.90 Å². The van der Waals surface area contributed by atoms with Gasteiger partial charge in [0.1, 0.15) is 0 Å². The van der Waals surface area contributed by atoms with E-state index in [0.717, 1.165) is 19.5 Å². The first-order valence-corrected chi connectivity index (χ1v) is 6.36. The third-order valence-corrected chi connectivity index (χ3v) is 4.01. The van der Waals surface area contributed by atoms with Crippen molar-refractivity contribution < 1.29 is 14.7 Å². The first kappa shape index (κ1) is 14.0. The molecule has 1 aliphatic heterocycles. The molecular formula is C13H23NO3. The lowest BCUT2D eigenvalue weighted by molar-refractivity contribution is -0.148. The van der Waals surface area contributed by atoms with Crippen molar-refractivity contribution in [3.63, 3.8) is 0 Å². The Morgan fingerprint density at radius 1 is 1.18 bits per heavy atom. The van der Waals surface area contributed by atoms with Gasteiger partial charge in [-0.2, -0.15) is 0 Å². The maximum atomic E-state index is 12.1. The summed E-state index contributed by atoms with van der Waals surface area (Å²) in [7, 11) is 0. The standard InChI is InChI=1S/C13H23NO3/c1-8(2)11-5-6-14(7-11)12(15)9(3)10(4)13(16)17/h8-11H,5-7H2,1-4H3,(H,16,17). The highest BCUT2D eigenvalue weighted by atomic mass is 16.4. The Balaban J connectivity index is 2.57. The zero-order valence-electron chi connectivity index (χ0n) is 11.1. The van der Waals surface area contributed by atoms with Gasteiger partial charge in [-0.15, -0.1) is 0 Å². The number of carbonyl (C=O) groups is 2. The summed E-state index contributed by atoms with van der Waals surface area (Å²) in [6.45, 7) is 9.21. The molecule has 3 unspecified atom stereocenters. The van der Waals surface area contributed by atoms with E-state index in [2.05, 4.69) is 13.8 Å². The zero-order valence-corrected chi connectivity index (χ0v) is 11.1. The lowest BCUT2D eigenvalue weighted by atomic mass is 9.94.